The molecule has 0 spiro atoms. The lowest BCUT2D eigenvalue weighted by atomic mass is 9.94. The summed E-state index contributed by atoms with van der Waals surface area (Å²) in [5.74, 6) is -0.606. The molecule has 0 saturated heterocycles. The van der Waals surface area contributed by atoms with Gasteiger partial charge in [0, 0.05) is 15.6 Å². The van der Waals surface area contributed by atoms with Gasteiger partial charge >= 0.3 is 12.1 Å². The van der Waals surface area contributed by atoms with E-state index < -0.39 is 17.7 Å². The Hall–Kier alpha value is -3.03. The number of carbonyl (C=O) groups excluding carboxylic acids is 1. The second-order valence-electron chi connectivity index (χ2n) is 6.40. The van der Waals surface area contributed by atoms with Crippen molar-refractivity contribution < 1.29 is 27.9 Å². The quantitative estimate of drug-likeness (QED) is 0.199. The molecule has 3 rings (SSSR count). The van der Waals surface area contributed by atoms with Crippen LogP contribution in [0.1, 0.15) is 21.5 Å². The molecule has 0 aliphatic rings. The lowest BCUT2D eigenvalue weighted by molar-refractivity contribution is -0.0688. The van der Waals surface area contributed by atoms with Gasteiger partial charge in [-0.2, -0.15) is 13.2 Å². The largest absolute Gasteiger partial charge is 0.465 e. The number of halogens is 5. The maximum atomic E-state index is 13.9. The number of hydrogen-bond donors (Lipinski definition) is 1. The van der Waals surface area contributed by atoms with Crippen molar-refractivity contribution in [2.24, 2.45) is 5.16 Å². The summed E-state index contributed by atoms with van der Waals surface area (Å²) in [5.41, 5.74) is -1.36. The summed E-state index contributed by atoms with van der Waals surface area (Å²) in [5, 5.41) is 13.5. The Labute approximate surface area is 185 Å². The summed E-state index contributed by atoms with van der Waals surface area (Å²) in [6, 6.07) is 12.8. The summed E-state index contributed by atoms with van der Waals surface area (Å²) in [4.78, 5) is 12.0. The average Bonchev–Trinajstić information content (AvgIpc) is 2.72. The zero-order valence-electron chi connectivity index (χ0n) is 15.9. The summed E-state index contributed by atoms with van der Waals surface area (Å²) >= 11 is 11.7. The van der Waals surface area contributed by atoms with E-state index in [1.807, 2.05) is 0 Å². The van der Waals surface area contributed by atoms with E-state index in [0.717, 1.165) is 12.1 Å². The first-order valence-corrected chi connectivity index (χ1v) is 9.49. The Morgan fingerprint density at radius 1 is 1.00 bits per heavy atom. The zero-order chi connectivity index (χ0) is 22.8. The number of methoxy groups -OCH3 is 1. The predicted molar refractivity (Wildman–Crippen MR) is 114 cm³/mol. The van der Waals surface area contributed by atoms with Gasteiger partial charge in [-0.15, -0.1) is 0 Å². The Balaban J connectivity index is 2.24. The van der Waals surface area contributed by atoms with E-state index in [2.05, 4.69) is 5.16 Å². The van der Waals surface area contributed by atoms with Crippen LogP contribution in [0.5, 0.6) is 0 Å². The van der Waals surface area contributed by atoms with Gasteiger partial charge in [0.05, 0.1) is 18.2 Å². The van der Waals surface area contributed by atoms with Crippen LogP contribution in [-0.2, 0) is 4.74 Å². The lowest BCUT2D eigenvalue weighted by Crippen LogP contribution is -2.14. The molecular formula is C22H14Cl2F3NO3. The van der Waals surface area contributed by atoms with Gasteiger partial charge in [0.25, 0.3) is 0 Å². The van der Waals surface area contributed by atoms with Crippen LogP contribution in [0.3, 0.4) is 0 Å². The highest BCUT2D eigenvalue weighted by molar-refractivity contribution is 6.35. The van der Waals surface area contributed by atoms with Crippen LogP contribution in [0, 0.1) is 0 Å². The molecule has 9 heteroatoms. The van der Waals surface area contributed by atoms with E-state index in [9.17, 15) is 23.2 Å². The molecule has 31 heavy (non-hydrogen) atoms. The molecule has 0 fully saturated rings. The second-order valence-corrected chi connectivity index (χ2v) is 7.27. The van der Waals surface area contributed by atoms with Crippen molar-refractivity contribution in [3.8, 4) is 0 Å². The van der Waals surface area contributed by atoms with Crippen molar-refractivity contribution in [2.45, 2.75) is 6.18 Å². The number of ether oxygens (including phenoxy) is 1. The van der Waals surface area contributed by atoms with Crippen LogP contribution in [0.4, 0.5) is 13.2 Å². The molecule has 3 aromatic rings. The van der Waals surface area contributed by atoms with Crippen molar-refractivity contribution in [3.63, 3.8) is 0 Å². The fourth-order valence-electron chi connectivity index (χ4n) is 3.15. The van der Waals surface area contributed by atoms with Crippen LogP contribution in [-0.4, -0.2) is 30.2 Å². The summed E-state index contributed by atoms with van der Waals surface area (Å²) in [6.45, 7) is 0. The molecule has 0 atom stereocenters. The van der Waals surface area contributed by atoms with Crippen LogP contribution in [0.2, 0.25) is 10.0 Å². The fraction of sp³-hybridized carbons (Fsp3) is 0.0909. The second kappa shape index (κ2) is 8.99. The Kier molecular flexibility index (Phi) is 6.57. The number of esters is 1. The van der Waals surface area contributed by atoms with Crippen molar-refractivity contribution in [1.29, 1.82) is 0 Å². The highest BCUT2D eigenvalue weighted by Gasteiger charge is 2.35. The normalized spacial score (nSPS) is 12.8. The SMILES string of the molecule is COC(=O)c1ccc(C(/C=C(\c2cc(Cl)cc(Cl)c2)C(F)(F)F)=N\O)c2ccccc12. The minimum Gasteiger partial charge on any atom is -0.465 e. The number of oxime groups is 1. The van der Waals surface area contributed by atoms with Crippen LogP contribution in [0.15, 0.2) is 65.8 Å². The topological polar surface area (TPSA) is 58.9 Å². The third kappa shape index (κ3) is 4.84. The third-order valence-corrected chi connectivity index (χ3v) is 4.91. The van der Waals surface area contributed by atoms with Gasteiger partial charge in [-0.25, -0.2) is 4.79 Å². The first-order chi connectivity index (χ1) is 14.7. The number of hydrogen-bond acceptors (Lipinski definition) is 4. The Bertz CT molecular complexity index is 1200. The number of allylic oxidation sites excluding steroid dienone is 2. The third-order valence-electron chi connectivity index (χ3n) is 4.47. The Morgan fingerprint density at radius 2 is 1.55 bits per heavy atom. The minimum absolute atomic E-state index is 0.0213. The number of fused-ring (bicyclic) bond motifs is 1. The molecule has 0 saturated carbocycles. The standard InChI is InChI=1S/C22H14Cl2F3NO3/c1-31-21(29)18-7-6-17(15-4-2-3-5-16(15)18)20(28-30)11-19(22(25,26)27)12-8-13(23)10-14(24)9-12/h2-11,30H,1H3/b19-11+,28-20-. The van der Waals surface area contributed by atoms with Gasteiger partial charge < -0.3 is 9.94 Å². The highest BCUT2D eigenvalue weighted by atomic mass is 35.5. The molecule has 3 aromatic carbocycles. The smallest absolute Gasteiger partial charge is 0.417 e. The van der Waals surface area contributed by atoms with Crippen LogP contribution in [0.25, 0.3) is 16.3 Å². The van der Waals surface area contributed by atoms with E-state index in [1.54, 1.807) is 24.3 Å². The van der Waals surface area contributed by atoms with E-state index in [-0.39, 0.29) is 32.4 Å². The van der Waals surface area contributed by atoms with Gasteiger partial charge in [-0.1, -0.05) is 58.7 Å². The predicted octanol–water partition coefficient (Wildman–Crippen LogP) is 6.76. The number of rotatable bonds is 4. The zero-order valence-corrected chi connectivity index (χ0v) is 17.4. The molecule has 1 N–H and O–H groups in total. The van der Waals surface area contributed by atoms with Crippen molar-refractivity contribution in [3.05, 3.63) is 87.4 Å². The molecular weight excluding hydrogens is 454 g/mol. The monoisotopic (exact) mass is 467 g/mol. The molecule has 0 aliphatic heterocycles. The van der Waals surface area contributed by atoms with E-state index in [4.69, 9.17) is 27.9 Å². The van der Waals surface area contributed by atoms with Gasteiger partial charge in [0.15, 0.2) is 0 Å². The molecule has 0 bridgehead atoms. The number of alkyl halides is 3. The van der Waals surface area contributed by atoms with E-state index >= 15 is 0 Å². The minimum atomic E-state index is -4.80. The molecule has 160 valence electrons. The molecule has 4 nitrogen and oxygen atoms in total. The molecule has 0 heterocycles. The van der Waals surface area contributed by atoms with Crippen LogP contribution < -0.4 is 0 Å². The molecule has 0 unspecified atom stereocenters. The average molecular weight is 468 g/mol. The van der Waals surface area contributed by atoms with E-state index in [0.29, 0.717) is 16.8 Å². The van der Waals surface area contributed by atoms with Gasteiger partial charge in [-0.3, -0.25) is 0 Å². The fourth-order valence-corrected chi connectivity index (χ4v) is 3.67. The van der Waals surface area contributed by atoms with Crippen molar-refractivity contribution in [1.82, 2.24) is 0 Å². The van der Waals surface area contributed by atoms with Crippen molar-refractivity contribution >= 4 is 51.2 Å². The maximum Gasteiger partial charge on any atom is 0.417 e. The van der Waals surface area contributed by atoms with E-state index in [1.165, 1.54) is 25.3 Å². The molecule has 0 radical (unpaired) electrons. The van der Waals surface area contributed by atoms with Crippen LogP contribution >= 0.6 is 23.2 Å². The first kappa shape index (κ1) is 22.7. The van der Waals surface area contributed by atoms with Crippen molar-refractivity contribution in [2.75, 3.05) is 7.11 Å². The van der Waals surface area contributed by atoms with Gasteiger partial charge in [0.1, 0.15) is 5.71 Å². The first-order valence-electron chi connectivity index (χ1n) is 8.73. The van der Waals surface area contributed by atoms with Gasteiger partial charge in [0.2, 0.25) is 0 Å². The summed E-state index contributed by atoms with van der Waals surface area (Å²) in [6.07, 6.45) is -4.10. The number of benzene rings is 3. The molecule has 0 amide bonds. The maximum absolute atomic E-state index is 13.9. The molecule has 0 aliphatic carbocycles. The highest BCUT2D eigenvalue weighted by Crippen LogP contribution is 2.37. The Morgan fingerprint density at radius 3 is 2.06 bits per heavy atom. The summed E-state index contributed by atoms with van der Waals surface area (Å²) in [7, 11) is 1.22. The summed E-state index contributed by atoms with van der Waals surface area (Å²) < 4.78 is 46.3. The lowest BCUT2D eigenvalue weighted by Gasteiger charge is -2.15. The van der Waals surface area contributed by atoms with Gasteiger partial charge in [-0.05, 0) is 46.7 Å². The number of carbonyl (C=O) groups is 1. The number of nitrogens with zero attached hydrogens (tertiary/aromatic N) is 1. The molecule has 0 aromatic heterocycles.